The molecule has 0 atom stereocenters. The van der Waals surface area contributed by atoms with E-state index in [1.54, 1.807) is 24.1 Å². The number of nitrogens with zero attached hydrogens (tertiary/aromatic N) is 2. The van der Waals surface area contributed by atoms with Crippen LogP contribution in [0.3, 0.4) is 0 Å². The minimum atomic E-state index is -1.23. The molecule has 1 aliphatic rings. The Hall–Kier alpha value is -4.39. The number of allylic oxidation sites excluding steroid dienone is 1. The van der Waals surface area contributed by atoms with E-state index >= 15 is 0 Å². The van der Waals surface area contributed by atoms with Gasteiger partial charge in [0.1, 0.15) is 11.3 Å². The molecule has 0 saturated heterocycles. The zero-order chi connectivity index (χ0) is 30.3. The summed E-state index contributed by atoms with van der Waals surface area (Å²) in [5.74, 6) is -2.02. The van der Waals surface area contributed by atoms with Crippen molar-refractivity contribution in [3.8, 4) is 5.75 Å². The molecular formula is C34H38N2O5. The van der Waals surface area contributed by atoms with Crippen LogP contribution in [0, 0.1) is 0 Å². The maximum Gasteiger partial charge on any atom is 0.339 e. The summed E-state index contributed by atoms with van der Waals surface area (Å²) in [4.78, 5) is 42.1. The highest BCUT2D eigenvalue weighted by atomic mass is 16.4. The number of anilines is 2. The van der Waals surface area contributed by atoms with Gasteiger partial charge in [-0.3, -0.25) is 9.59 Å². The molecule has 41 heavy (non-hydrogen) atoms. The van der Waals surface area contributed by atoms with Gasteiger partial charge in [0.15, 0.2) is 5.78 Å². The van der Waals surface area contributed by atoms with Crippen LogP contribution in [0.25, 0.3) is 6.08 Å². The highest BCUT2D eigenvalue weighted by molar-refractivity contribution is 6.10. The molecular weight excluding hydrogens is 516 g/mol. The molecule has 7 heteroatoms. The lowest BCUT2D eigenvalue weighted by Gasteiger charge is -2.44. The molecule has 0 spiro atoms. The monoisotopic (exact) mass is 554 g/mol. The molecule has 0 aromatic heterocycles. The topological polar surface area (TPSA) is 98.2 Å². The lowest BCUT2D eigenvalue weighted by Crippen LogP contribution is -2.37. The highest BCUT2D eigenvalue weighted by Crippen LogP contribution is 2.50. The van der Waals surface area contributed by atoms with Crippen molar-refractivity contribution in [1.29, 1.82) is 0 Å². The van der Waals surface area contributed by atoms with Gasteiger partial charge in [-0.2, -0.15) is 0 Å². The number of aromatic carboxylic acids is 1. The number of amides is 1. The van der Waals surface area contributed by atoms with Crippen molar-refractivity contribution >= 4 is 35.1 Å². The minimum Gasteiger partial charge on any atom is -0.507 e. The van der Waals surface area contributed by atoms with Gasteiger partial charge >= 0.3 is 5.97 Å². The average Bonchev–Trinajstić information content (AvgIpc) is 2.92. The van der Waals surface area contributed by atoms with Gasteiger partial charge in [-0.25, -0.2) is 4.79 Å². The molecule has 0 radical (unpaired) electrons. The van der Waals surface area contributed by atoms with Gasteiger partial charge in [0.2, 0.25) is 0 Å². The second-order valence-corrected chi connectivity index (χ2v) is 12.3. The molecule has 214 valence electrons. The van der Waals surface area contributed by atoms with Gasteiger partial charge in [-0.1, -0.05) is 39.8 Å². The van der Waals surface area contributed by atoms with Crippen molar-refractivity contribution in [2.24, 2.45) is 0 Å². The molecule has 0 fully saturated rings. The zero-order valence-electron chi connectivity index (χ0n) is 24.8. The summed E-state index contributed by atoms with van der Waals surface area (Å²) in [6.45, 7) is 8.71. The van der Waals surface area contributed by atoms with E-state index in [0.717, 1.165) is 29.7 Å². The summed E-state index contributed by atoms with van der Waals surface area (Å²) in [5.41, 5.74) is 4.72. The van der Waals surface area contributed by atoms with Crippen molar-refractivity contribution in [1.82, 2.24) is 0 Å². The summed E-state index contributed by atoms with van der Waals surface area (Å²) in [7, 11) is 5.65. The van der Waals surface area contributed by atoms with Crippen LogP contribution in [-0.2, 0) is 10.8 Å². The Kier molecular flexibility index (Phi) is 7.85. The summed E-state index contributed by atoms with van der Waals surface area (Å²) in [6.07, 6.45) is 4.84. The first-order chi connectivity index (χ1) is 19.1. The molecule has 4 rings (SSSR count). The molecule has 0 aliphatic heterocycles. The Labute approximate surface area is 241 Å². The molecule has 2 N–H and O–H groups in total. The van der Waals surface area contributed by atoms with Crippen LogP contribution in [0.15, 0.2) is 60.7 Å². The molecule has 0 bridgehead atoms. The summed E-state index contributed by atoms with van der Waals surface area (Å²) in [6, 6.07) is 15.3. The first kappa shape index (κ1) is 29.6. The van der Waals surface area contributed by atoms with Crippen LogP contribution in [-0.4, -0.2) is 49.0 Å². The quantitative estimate of drug-likeness (QED) is 0.250. The first-order valence-electron chi connectivity index (χ1n) is 13.7. The van der Waals surface area contributed by atoms with E-state index < -0.39 is 5.97 Å². The number of benzene rings is 3. The standard InChI is InChI=1S/C34H38N2O5/c1-33(2)16-17-34(3,4)30-26(33)19-23(28(37)15-9-21-8-14-25(32(40)41)29(38)18-21)20-27(30)36(7)31(39)22-10-12-24(13-11-22)35(5)6/h8-15,18-20,38H,16-17H2,1-7H3,(H,40,41)/b15-9+. The second kappa shape index (κ2) is 10.9. The predicted octanol–water partition coefficient (Wildman–Crippen LogP) is 6.68. The number of aromatic hydroxyl groups is 1. The van der Waals surface area contributed by atoms with Gasteiger partial charge in [0, 0.05) is 43.6 Å². The van der Waals surface area contributed by atoms with Gasteiger partial charge in [0.05, 0.1) is 0 Å². The van der Waals surface area contributed by atoms with Gasteiger partial charge in [0.25, 0.3) is 5.91 Å². The number of carboxylic acid groups (broad SMARTS) is 1. The van der Waals surface area contributed by atoms with Gasteiger partial charge in [-0.05, 0) is 95.0 Å². The maximum absolute atomic E-state index is 13.7. The Morgan fingerprint density at radius 2 is 1.46 bits per heavy atom. The van der Waals surface area contributed by atoms with Crippen LogP contribution < -0.4 is 9.80 Å². The van der Waals surface area contributed by atoms with E-state index in [1.807, 2.05) is 49.3 Å². The molecule has 0 saturated carbocycles. The number of rotatable bonds is 7. The second-order valence-electron chi connectivity index (χ2n) is 12.3. The molecule has 3 aromatic carbocycles. The van der Waals surface area contributed by atoms with Crippen LogP contribution in [0.1, 0.15) is 88.3 Å². The third-order valence-electron chi connectivity index (χ3n) is 8.16. The number of hydrogen-bond acceptors (Lipinski definition) is 5. The normalized spacial score (nSPS) is 15.3. The average molecular weight is 555 g/mol. The number of phenols is 1. The van der Waals surface area contributed by atoms with Crippen molar-refractivity contribution in [2.75, 3.05) is 30.9 Å². The molecule has 7 nitrogen and oxygen atoms in total. The van der Waals surface area contributed by atoms with Crippen molar-refractivity contribution in [3.63, 3.8) is 0 Å². The zero-order valence-corrected chi connectivity index (χ0v) is 24.8. The Balaban J connectivity index is 1.78. The number of ketones is 1. The summed E-state index contributed by atoms with van der Waals surface area (Å²) >= 11 is 0. The minimum absolute atomic E-state index is 0.161. The fraction of sp³-hybridized carbons (Fsp3) is 0.324. The van der Waals surface area contributed by atoms with Crippen molar-refractivity contribution in [3.05, 3.63) is 94.1 Å². The molecule has 0 unspecified atom stereocenters. The third-order valence-corrected chi connectivity index (χ3v) is 8.16. The number of carboxylic acids is 1. The SMILES string of the molecule is CN(C)c1ccc(C(=O)N(C)c2cc(C(=O)/C=C/c3ccc(C(=O)O)c(O)c3)cc3c2C(C)(C)CCC3(C)C)cc1. The van der Waals surface area contributed by atoms with Crippen LogP contribution in [0.5, 0.6) is 5.75 Å². The molecule has 1 aliphatic carbocycles. The Bertz CT molecular complexity index is 1550. The van der Waals surface area contributed by atoms with Crippen molar-refractivity contribution in [2.45, 2.75) is 51.4 Å². The molecule has 0 heterocycles. The van der Waals surface area contributed by atoms with E-state index in [1.165, 1.54) is 24.3 Å². The number of carbonyl (C=O) groups is 3. The highest BCUT2D eigenvalue weighted by Gasteiger charge is 2.40. The van der Waals surface area contributed by atoms with E-state index in [-0.39, 0.29) is 33.8 Å². The Morgan fingerprint density at radius 3 is 2.05 bits per heavy atom. The summed E-state index contributed by atoms with van der Waals surface area (Å²) in [5, 5.41) is 19.2. The molecule has 3 aromatic rings. The fourth-order valence-electron chi connectivity index (χ4n) is 5.47. The predicted molar refractivity (Wildman–Crippen MR) is 164 cm³/mol. The van der Waals surface area contributed by atoms with E-state index in [9.17, 15) is 19.5 Å². The largest absolute Gasteiger partial charge is 0.507 e. The van der Waals surface area contributed by atoms with E-state index in [0.29, 0.717) is 22.4 Å². The van der Waals surface area contributed by atoms with Gasteiger partial charge in [-0.15, -0.1) is 0 Å². The van der Waals surface area contributed by atoms with Crippen LogP contribution in [0.4, 0.5) is 11.4 Å². The van der Waals surface area contributed by atoms with Crippen LogP contribution >= 0.6 is 0 Å². The smallest absolute Gasteiger partial charge is 0.339 e. The van der Waals surface area contributed by atoms with Crippen LogP contribution in [0.2, 0.25) is 0 Å². The van der Waals surface area contributed by atoms with E-state index in [2.05, 4.69) is 27.7 Å². The van der Waals surface area contributed by atoms with Crippen molar-refractivity contribution < 1.29 is 24.6 Å². The fourth-order valence-corrected chi connectivity index (χ4v) is 5.47. The first-order valence-corrected chi connectivity index (χ1v) is 13.7. The lowest BCUT2D eigenvalue weighted by atomic mass is 9.62. The molecule has 1 amide bonds. The van der Waals surface area contributed by atoms with Gasteiger partial charge < -0.3 is 20.0 Å². The third kappa shape index (κ3) is 5.89. The lowest BCUT2D eigenvalue weighted by molar-refractivity contribution is 0.0693. The number of carbonyl (C=O) groups excluding carboxylic acids is 2. The Morgan fingerprint density at radius 1 is 0.829 bits per heavy atom. The summed E-state index contributed by atoms with van der Waals surface area (Å²) < 4.78 is 0. The maximum atomic E-state index is 13.7. The number of fused-ring (bicyclic) bond motifs is 1. The number of hydrogen-bond donors (Lipinski definition) is 2. The van der Waals surface area contributed by atoms with E-state index in [4.69, 9.17) is 5.11 Å².